The Labute approximate surface area is 112 Å². The molecule has 2 amide bonds. The second kappa shape index (κ2) is 5.10. The number of carbonyl (C=O) groups excluding carboxylic acids is 2. The van der Waals surface area contributed by atoms with Crippen molar-refractivity contribution in [1.29, 1.82) is 0 Å². The number of amides is 2. The average Bonchev–Trinajstić information content (AvgIpc) is 2.28. The summed E-state index contributed by atoms with van der Waals surface area (Å²) in [7, 11) is 0. The van der Waals surface area contributed by atoms with Crippen molar-refractivity contribution in [2.24, 2.45) is 0 Å². The summed E-state index contributed by atoms with van der Waals surface area (Å²) < 4.78 is 0. The lowest BCUT2D eigenvalue weighted by Gasteiger charge is -2.21. The lowest BCUT2D eigenvalue weighted by Crippen LogP contribution is -2.26. The Morgan fingerprint density at radius 2 is 2.35 bits per heavy atom. The Morgan fingerprint density at radius 3 is 3.06 bits per heavy atom. The summed E-state index contributed by atoms with van der Waals surface area (Å²) in [5, 5.41) is 5.44. The Kier molecular flexibility index (Phi) is 3.73. The van der Waals surface area contributed by atoms with Gasteiger partial charge in [-0.1, -0.05) is 6.07 Å². The van der Waals surface area contributed by atoms with Crippen molar-refractivity contribution in [3.05, 3.63) is 23.8 Å². The molecule has 2 N–H and O–H groups in total. The van der Waals surface area contributed by atoms with Crippen LogP contribution in [-0.4, -0.2) is 16.0 Å². The minimum atomic E-state index is -0.248. The molecule has 17 heavy (non-hydrogen) atoms. The van der Waals surface area contributed by atoms with E-state index >= 15 is 0 Å². The van der Waals surface area contributed by atoms with E-state index in [0.717, 1.165) is 16.1 Å². The van der Waals surface area contributed by atoms with Crippen LogP contribution < -0.4 is 10.6 Å². The predicted octanol–water partition coefficient (Wildman–Crippen LogP) is 2.72. The fourth-order valence-corrected chi connectivity index (χ4v) is 2.61. The molecule has 1 aliphatic rings. The zero-order valence-electron chi connectivity index (χ0n) is 9.12. The van der Waals surface area contributed by atoms with E-state index < -0.39 is 0 Å². The quantitative estimate of drug-likeness (QED) is 0.652. The van der Waals surface area contributed by atoms with Gasteiger partial charge in [0.2, 0.25) is 5.91 Å². The highest BCUT2D eigenvalue weighted by Gasteiger charge is 2.22. The first-order valence-electron chi connectivity index (χ1n) is 5.10. The lowest BCUT2D eigenvalue weighted by molar-refractivity contribution is -0.115. The second-order valence-electron chi connectivity index (χ2n) is 3.71. The lowest BCUT2D eigenvalue weighted by atomic mass is 10.2. The van der Waals surface area contributed by atoms with Gasteiger partial charge in [0, 0.05) is 27.4 Å². The molecule has 0 bridgehead atoms. The summed E-state index contributed by atoms with van der Waals surface area (Å²) in [5.74, 6) is 0.0178. The molecule has 90 valence electrons. The first-order chi connectivity index (χ1) is 8.06. The van der Waals surface area contributed by atoms with Gasteiger partial charge in [-0.2, -0.15) is 0 Å². The Balaban J connectivity index is 2.17. The maximum absolute atomic E-state index is 11.5. The van der Waals surface area contributed by atoms with Crippen LogP contribution in [0.3, 0.4) is 0 Å². The van der Waals surface area contributed by atoms with Crippen LogP contribution in [0.2, 0.25) is 0 Å². The summed E-state index contributed by atoms with van der Waals surface area (Å²) in [4.78, 5) is 23.1. The molecule has 0 fully saturated rings. The Bertz CT molecular complexity index is 479. The number of hydrogen-bond acceptors (Lipinski definition) is 3. The molecule has 1 atom stereocenters. The average molecular weight is 315 g/mol. The monoisotopic (exact) mass is 314 g/mol. The van der Waals surface area contributed by atoms with Crippen LogP contribution in [0.1, 0.15) is 12.5 Å². The Hall–Kier alpha value is -1.01. The molecule has 0 spiro atoms. The molecule has 0 saturated carbocycles. The third-order valence-corrected chi connectivity index (χ3v) is 3.86. The van der Waals surface area contributed by atoms with Crippen LogP contribution in [0.25, 0.3) is 0 Å². The van der Waals surface area contributed by atoms with Gasteiger partial charge in [0.1, 0.15) is 0 Å². The maximum Gasteiger partial charge on any atom is 0.287 e. The van der Waals surface area contributed by atoms with Crippen LogP contribution in [0.4, 0.5) is 10.5 Å². The molecule has 0 radical (unpaired) electrons. The molecule has 0 saturated heterocycles. The van der Waals surface area contributed by atoms with Gasteiger partial charge in [-0.15, -0.1) is 11.8 Å². The van der Waals surface area contributed by atoms with E-state index in [1.807, 2.05) is 25.1 Å². The molecule has 0 aromatic heterocycles. The van der Waals surface area contributed by atoms with Gasteiger partial charge in [0.15, 0.2) is 0 Å². The number of rotatable bonds is 2. The number of benzene rings is 1. The summed E-state index contributed by atoms with van der Waals surface area (Å²) in [6, 6.07) is 5.79. The first-order valence-corrected chi connectivity index (χ1v) is 6.77. The standard InChI is InChI=1S/C11H11BrN2O2S/c1-6-10(15)14-8-4-7(5-13-11(12)16)2-3-9(8)17-6/h2-4,6H,5H2,1H3,(H,13,16)(H,14,15). The van der Waals surface area contributed by atoms with Gasteiger partial charge in [-0.05, 0) is 24.6 Å². The molecule has 2 rings (SSSR count). The number of carbonyl (C=O) groups is 2. The van der Waals surface area contributed by atoms with Crippen LogP contribution in [0, 0.1) is 0 Å². The topological polar surface area (TPSA) is 58.2 Å². The van der Waals surface area contributed by atoms with E-state index in [9.17, 15) is 9.59 Å². The number of anilines is 1. The van der Waals surface area contributed by atoms with E-state index in [4.69, 9.17) is 0 Å². The molecule has 1 aromatic carbocycles. The third-order valence-electron chi connectivity index (χ3n) is 2.41. The number of halogens is 1. The van der Waals surface area contributed by atoms with Crippen molar-refractivity contribution in [2.75, 3.05) is 5.32 Å². The van der Waals surface area contributed by atoms with Gasteiger partial charge >= 0.3 is 0 Å². The van der Waals surface area contributed by atoms with Gasteiger partial charge in [0.05, 0.1) is 10.9 Å². The summed E-state index contributed by atoms with van der Waals surface area (Å²) in [6.45, 7) is 2.31. The van der Waals surface area contributed by atoms with Crippen LogP contribution in [0.15, 0.2) is 23.1 Å². The van der Waals surface area contributed by atoms with E-state index in [0.29, 0.717) is 6.54 Å². The number of fused-ring (bicyclic) bond motifs is 1. The van der Waals surface area contributed by atoms with E-state index in [1.165, 1.54) is 0 Å². The molecule has 0 aliphatic carbocycles. The molecule has 1 aromatic rings. The highest BCUT2D eigenvalue weighted by Crippen LogP contribution is 2.35. The summed E-state index contributed by atoms with van der Waals surface area (Å²) in [5.41, 5.74) is 1.77. The molecular weight excluding hydrogens is 304 g/mol. The third kappa shape index (κ3) is 3.01. The van der Waals surface area contributed by atoms with Crippen molar-refractivity contribution >= 4 is 44.1 Å². The van der Waals surface area contributed by atoms with E-state index in [1.54, 1.807) is 11.8 Å². The Morgan fingerprint density at radius 1 is 1.59 bits per heavy atom. The molecule has 4 nitrogen and oxygen atoms in total. The van der Waals surface area contributed by atoms with Gasteiger partial charge < -0.3 is 10.6 Å². The molecule has 1 heterocycles. The van der Waals surface area contributed by atoms with Crippen molar-refractivity contribution in [2.45, 2.75) is 23.6 Å². The fraction of sp³-hybridized carbons (Fsp3) is 0.273. The fourth-order valence-electron chi connectivity index (χ4n) is 1.54. The zero-order chi connectivity index (χ0) is 12.4. The SMILES string of the molecule is CC1Sc2ccc(CNC(=O)Br)cc2NC1=O. The second-order valence-corrected chi connectivity index (χ2v) is 5.81. The van der Waals surface area contributed by atoms with Crippen LogP contribution in [0.5, 0.6) is 0 Å². The largest absolute Gasteiger partial charge is 0.343 e. The zero-order valence-corrected chi connectivity index (χ0v) is 11.5. The van der Waals surface area contributed by atoms with Gasteiger partial charge in [0.25, 0.3) is 4.82 Å². The summed E-state index contributed by atoms with van der Waals surface area (Å²) in [6.07, 6.45) is 0. The van der Waals surface area contributed by atoms with E-state index in [-0.39, 0.29) is 16.0 Å². The molecule has 1 unspecified atom stereocenters. The normalized spacial score (nSPS) is 18.2. The van der Waals surface area contributed by atoms with Crippen molar-refractivity contribution in [3.8, 4) is 0 Å². The number of hydrogen-bond donors (Lipinski definition) is 2. The van der Waals surface area contributed by atoms with Crippen molar-refractivity contribution in [1.82, 2.24) is 5.32 Å². The number of nitrogens with one attached hydrogen (secondary N) is 2. The van der Waals surface area contributed by atoms with Gasteiger partial charge in [-0.3, -0.25) is 9.59 Å². The first kappa shape index (κ1) is 12.4. The maximum atomic E-state index is 11.5. The minimum absolute atomic E-state index is 0.0178. The predicted molar refractivity (Wildman–Crippen MR) is 71.6 cm³/mol. The minimum Gasteiger partial charge on any atom is -0.343 e. The highest BCUT2D eigenvalue weighted by atomic mass is 79.9. The van der Waals surface area contributed by atoms with Gasteiger partial charge in [-0.25, -0.2) is 0 Å². The molecule has 6 heteroatoms. The number of thioether (sulfide) groups is 1. The molecular formula is C11H11BrN2O2S. The van der Waals surface area contributed by atoms with E-state index in [2.05, 4.69) is 26.6 Å². The molecule has 1 aliphatic heterocycles. The highest BCUT2D eigenvalue weighted by molar-refractivity contribution is 9.18. The smallest absolute Gasteiger partial charge is 0.287 e. The summed E-state index contributed by atoms with van der Waals surface area (Å²) >= 11 is 4.34. The van der Waals surface area contributed by atoms with Crippen LogP contribution in [-0.2, 0) is 11.3 Å². The van der Waals surface area contributed by atoms with Crippen LogP contribution >= 0.6 is 27.7 Å². The van der Waals surface area contributed by atoms with Crippen molar-refractivity contribution < 1.29 is 9.59 Å². The van der Waals surface area contributed by atoms with Crippen molar-refractivity contribution in [3.63, 3.8) is 0 Å².